The summed E-state index contributed by atoms with van der Waals surface area (Å²) in [5, 5.41) is 10.0. The minimum Gasteiger partial charge on any atom is -0.391 e. The summed E-state index contributed by atoms with van der Waals surface area (Å²) in [6.07, 6.45) is 5.59. The maximum atomic E-state index is 10.0. The molecule has 1 saturated heterocycles. The Morgan fingerprint density at radius 1 is 1.43 bits per heavy atom. The van der Waals surface area contributed by atoms with E-state index >= 15 is 0 Å². The number of aliphatic hydroxyl groups is 1. The first-order valence-electron chi connectivity index (χ1n) is 6.14. The lowest BCUT2D eigenvalue weighted by atomic mass is 10.0. The molecule has 0 bridgehead atoms. The SMILES string of the molecule is CCCC(O)C(CC)N1CCCC1C. The minimum absolute atomic E-state index is 0.120. The van der Waals surface area contributed by atoms with Gasteiger partial charge < -0.3 is 5.11 Å². The van der Waals surface area contributed by atoms with Gasteiger partial charge in [-0.2, -0.15) is 0 Å². The molecule has 0 radical (unpaired) electrons. The zero-order valence-electron chi connectivity index (χ0n) is 9.87. The van der Waals surface area contributed by atoms with E-state index in [2.05, 4.69) is 25.7 Å². The van der Waals surface area contributed by atoms with E-state index in [1.54, 1.807) is 0 Å². The average molecular weight is 199 g/mol. The molecule has 0 aliphatic carbocycles. The molecule has 3 unspecified atom stereocenters. The second-order valence-electron chi connectivity index (χ2n) is 4.56. The van der Waals surface area contributed by atoms with E-state index in [0.29, 0.717) is 12.1 Å². The van der Waals surface area contributed by atoms with E-state index in [4.69, 9.17) is 0 Å². The normalized spacial score (nSPS) is 27.9. The Morgan fingerprint density at radius 3 is 2.57 bits per heavy atom. The van der Waals surface area contributed by atoms with E-state index < -0.39 is 0 Å². The zero-order chi connectivity index (χ0) is 10.6. The monoisotopic (exact) mass is 199 g/mol. The first-order chi connectivity index (χ1) is 6.70. The maximum absolute atomic E-state index is 10.0. The van der Waals surface area contributed by atoms with Gasteiger partial charge in [-0.3, -0.25) is 4.90 Å². The number of hydrogen-bond acceptors (Lipinski definition) is 2. The zero-order valence-corrected chi connectivity index (χ0v) is 9.87. The lowest BCUT2D eigenvalue weighted by molar-refractivity contribution is 0.0371. The summed E-state index contributed by atoms with van der Waals surface area (Å²) in [4.78, 5) is 2.50. The van der Waals surface area contributed by atoms with E-state index in [1.165, 1.54) is 19.4 Å². The van der Waals surface area contributed by atoms with Gasteiger partial charge in [-0.15, -0.1) is 0 Å². The van der Waals surface area contributed by atoms with Crippen LogP contribution in [0.15, 0.2) is 0 Å². The standard InChI is InChI=1S/C12H25NO/c1-4-7-12(14)11(5-2)13-9-6-8-10(13)3/h10-12,14H,4-9H2,1-3H3. The smallest absolute Gasteiger partial charge is 0.0695 e. The third-order valence-electron chi connectivity index (χ3n) is 3.48. The van der Waals surface area contributed by atoms with Crippen molar-refractivity contribution in [2.24, 2.45) is 0 Å². The van der Waals surface area contributed by atoms with Gasteiger partial charge in [0.2, 0.25) is 0 Å². The third-order valence-corrected chi connectivity index (χ3v) is 3.48. The van der Waals surface area contributed by atoms with Crippen molar-refractivity contribution in [3.63, 3.8) is 0 Å². The summed E-state index contributed by atoms with van der Waals surface area (Å²) < 4.78 is 0. The molecule has 1 aliphatic heterocycles. The Balaban J connectivity index is 2.51. The molecule has 0 aromatic rings. The van der Waals surface area contributed by atoms with Crippen LogP contribution in [-0.4, -0.2) is 34.7 Å². The number of likely N-dealkylation sites (tertiary alicyclic amines) is 1. The number of nitrogens with zero attached hydrogens (tertiary/aromatic N) is 1. The predicted octanol–water partition coefficient (Wildman–Crippen LogP) is 2.41. The van der Waals surface area contributed by atoms with E-state index in [0.717, 1.165) is 19.3 Å². The van der Waals surface area contributed by atoms with E-state index in [9.17, 15) is 5.11 Å². The molecule has 0 spiro atoms. The summed E-state index contributed by atoms with van der Waals surface area (Å²) in [5.41, 5.74) is 0. The van der Waals surface area contributed by atoms with Crippen LogP contribution in [0.5, 0.6) is 0 Å². The van der Waals surface area contributed by atoms with Crippen LogP contribution in [0, 0.1) is 0 Å². The van der Waals surface area contributed by atoms with Crippen LogP contribution < -0.4 is 0 Å². The van der Waals surface area contributed by atoms with Gasteiger partial charge in [0.1, 0.15) is 0 Å². The highest BCUT2D eigenvalue weighted by atomic mass is 16.3. The largest absolute Gasteiger partial charge is 0.391 e. The highest BCUT2D eigenvalue weighted by Gasteiger charge is 2.30. The van der Waals surface area contributed by atoms with Gasteiger partial charge in [0.15, 0.2) is 0 Å². The topological polar surface area (TPSA) is 23.5 Å². The molecule has 0 aromatic carbocycles. The highest BCUT2D eigenvalue weighted by molar-refractivity contribution is 4.85. The molecular weight excluding hydrogens is 174 g/mol. The van der Waals surface area contributed by atoms with Gasteiger partial charge in [-0.1, -0.05) is 20.3 Å². The molecule has 0 saturated carbocycles. The first-order valence-corrected chi connectivity index (χ1v) is 6.14. The van der Waals surface area contributed by atoms with Gasteiger partial charge >= 0.3 is 0 Å². The van der Waals surface area contributed by atoms with Crippen molar-refractivity contribution in [2.45, 2.75) is 71.1 Å². The molecule has 3 atom stereocenters. The average Bonchev–Trinajstić information content (AvgIpc) is 2.54. The predicted molar refractivity (Wildman–Crippen MR) is 60.4 cm³/mol. The molecule has 0 amide bonds. The summed E-state index contributed by atoms with van der Waals surface area (Å²) in [6.45, 7) is 7.80. The quantitative estimate of drug-likeness (QED) is 0.735. The molecule has 0 aromatic heterocycles. The molecule has 1 fully saturated rings. The van der Waals surface area contributed by atoms with Crippen molar-refractivity contribution >= 4 is 0 Å². The highest BCUT2D eigenvalue weighted by Crippen LogP contribution is 2.24. The van der Waals surface area contributed by atoms with Crippen LogP contribution >= 0.6 is 0 Å². The minimum atomic E-state index is -0.120. The van der Waals surface area contributed by atoms with E-state index in [1.807, 2.05) is 0 Å². The Kier molecular flexibility index (Phi) is 4.90. The van der Waals surface area contributed by atoms with Gasteiger partial charge in [-0.25, -0.2) is 0 Å². The van der Waals surface area contributed by atoms with Crippen LogP contribution in [0.2, 0.25) is 0 Å². The molecule has 1 rings (SSSR count). The Hall–Kier alpha value is -0.0800. The molecule has 1 aliphatic rings. The Bertz CT molecular complexity index is 160. The van der Waals surface area contributed by atoms with Crippen molar-refractivity contribution in [3.8, 4) is 0 Å². The van der Waals surface area contributed by atoms with E-state index in [-0.39, 0.29) is 6.10 Å². The van der Waals surface area contributed by atoms with Crippen molar-refractivity contribution in [1.82, 2.24) is 4.90 Å². The molecule has 2 heteroatoms. The first kappa shape index (κ1) is 12.0. The molecular formula is C12H25NO. The van der Waals surface area contributed by atoms with Gasteiger partial charge in [0.25, 0.3) is 0 Å². The lowest BCUT2D eigenvalue weighted by Gasteiger charge is -2.34. The fraction of sp³-hybridized carbons (Fsp3) is 1.00. The fourth-order valence-corrected chi connectivity index (χ4v) is 2.66. The summed E-state index contributed by atoms with van der Waals surface area (Å²) in [5.74, 6) is 0. The Labute approximate surface area is 88.3 Å². The van der Waals surface area contributed by atoms with Crippen molar-refractivity contribution in [2.75, 3.05) is 6.54 Å². The number of hydrogen-bond donors (Lipinski definition) is 1. The van der Waals surface area contributed by atoms with Crippen LogP contribution in [0.1, 0.15) is 52.9 Å². The molecule has 14 heavy (non-hydrogen) atoms. The summed E-state index contributed by atoms with van der Waals surface area (Å²) in [6, 6.07) is 1.07. The Morgan fingerprint density at radius 2 is 2.14 bits per heavy atom. The molecule has 1 N–H and O–H groups in total. The molecule has 1 heterocycles. The maximum Gasteiger partial charge on any atom is 0.0695 e. The fourth-order valence-electron chi connectivity index (χ4n) is 2.66. The van der Waals surface area contributed by atoms with Gasteiger partial charge in [-0.05, 0) is 39.2 Å². The number of rotatable bonds is 5. The molecule has 84 valence electrons. The van der Waals surface area contributed by atoms with Crippen LogP contribution in [-0.2, 0) is 0 Å². The second kappa shape index (κ2) is 5.72. The summed E-state index contributed by atoms with van der Waals surface area (Å²) >= 11 is 0. The van der Waals surface area contributed by atoms with Crippen molar-refractivity contribution < 1.29 is 5.11 Å². The number of aliphatic hydroxyl groups excluding tert-OH is 1. The van der Waals surface area contributed by atoms with Crippen LogP contribution in [0.4, 0.5) is 0 Å². The van der Waals surface area contributed by atoms with Crippen LogP contribution in [0.3, 0.4) is 0 Å². The van der Waals surface area contributed by atoms with Crippen LogP contribution in [0.25, 0.3) is 0 Å². The van der Waals surface area contributed by atoms with Crippen molar-refractivity contribution in [1.29, 1.82) is 0 Å². The van der Waals surface area contributed by atoms with Crippen molar-refractivity contribution in [3.05, 3.63) is 0 Å². The van der Waals surface area contributed by atoms with Gasteiger partial charge in [0, 0.05) is 12.1 Å². The van der Waals surface area contributed by atoms with Gasteiger partial charge in [0.05, 0.1) is 6.10 Å². The second-order valence-corrected chi connectivity index (χ2v) is 4.56. The third kappa shape index (κ3) is 2.71. The lowest BCUT2D eigenvalue weighted by Crippen LogP contribution is -2.44. The molecule has 2 nitrogen and oxygen atoms in total. The summed E-state index contributed by atoms with van der Waals surface area (Å²) in [7, 11) is 0.